The summed E-state index contributed by atoms with van der Waals surface area (Å²) in [5.74, 6) is 1.41. The first kappa shape index (κ1) is 18.4. The predicted molar refractivity (Wildman–Crippen MR) is 108 cm³/mol. The molecule has 2 N–H and O–H groups in total. The Labute approximate surface area is 166 Å². The highest BCUT2D eigenvalue weighted by Gasteiger charge is 2.26. The van der Waals surface area contributed by atoms with E-state index in [1.54, 1.807) is 36.9 Å². The molecule has 0 spiro atoms. The van der Waals surface area contributed by atoms with E-state index < -0.39 is 0 Å². The highest BCUT2D eigenvalue weighted by atomic mass is 32.1. The molecule has 146 valence electrons. The van der Waals surface area contributed by atoms with E-state index in [0.717, 1.165) is 23.5 Å². The standard InChI is InChI=1S/C19H21FN6OS/c1-21-19(23-10-14-12-27-18(24-14)16-5-3-9-28-16)25-13-6-8-26(11-13)17-15(20)4-2-7-22-17/h2-5,7,9,12-13H,6,8,10-11H2,1H3,(H2,21,23,25). The van der Waals surface area contributed by atoms with E-state index in [2.05, 4.69) is 25.6 Å². The van der Waals surface area contributed by atoms with Crippen LogP contribution in [0.1, 0.15) is 12.1 Å². The molecule has 4 heterocycles. The molecule has 1 fully saturated rings. The van der Waals surface area contributed by atoms with Crippen LogP contribution in [0.2, 0.25) is 0 Å². The van der Waals surface area contributed by atoms with E-state index in [9.17, 15) is 4.39 Å². The SMILES string of the molecule is CN=C(NCc1coc(-c2cccs2)n1)NC1CCN(c2ncccc2F)C1. The number of hydrogen-bond donors (Lipinski definition) is 2. The fraction of sp³-hybridized carbons (Fsp3) is 0.316. The number of nitrogens with zero attached hydrogens (tertiary/aromatic N) is 4. The van der Waals surface area contributed by atoms with E-state index in [0.29, 0.717) is 30.8 Å². The number of oxazole rings is 1. The highest BCUT2D eigenvalue weighted by Crippen LogP contribution is 2.23. The Kier molecular flexibility index (Phi) is 5.52. The van der Waals surface area contributed by atoms with Crippen LogP contribution in [-0.4, -0.2) is 42.1 Å². The van der Waals surface area contributed by atoms with Gasteiger partial charge in [-0.2, -0.15) is 0 Å². The molecule has 7 nitrogen and oxygen atoms in total. The molecule has 0 aromatic carbocycles. The Morgan fingerprint density at radius 3 is 3.14 bits per heavy atom. The molecule has 3 aromatic rings. The van der Waals surface area contributed by atoms with Crippen molar-refractivity contribution in [3.8, 4) is 10.8 Å². The molecule has 0 bridgehead atoms. The normalized spacial score (nSPS) is 17.1. The summed E-state index contributed by atoms with van der Waals surface area (Å²) in [5.41, 5.74) is 0.801. The van der Waals surface area contributed by atoms with Crippen LogP contribution < -0.4 is 15.5 Å². The fourth-order valence-corrected chi connectivity index (χ4v) is 3.80. The third kappa shape index (κ3) is 4.14. The van der Waals surface area contributed by atoms with Crippen molar-refractivity contribution in [1.29, 1.82) is 0 Å². The average Bonchev–Trinajstić information content (AvgIpc) is 3.46. The van der Waals surface area contributed by atoms with Crippen molar-refractivity contribution in [1.82, 2.24) is 20.6 Å². The summed E-state index contributed by atoms with van der Waals surface area (Å²) in [6.45, 7) is 1.91. The third-order valence-corrected chi connectivity index (χ3v) is 5.37. The Morgan fingerprint density at radius 2 is 2.36 bits per heavy atom. The number of hydrogen-bond acceptors (Lipinski definition) is 6. The second-order valence-electron chi connectivity index (χ2n) is 6.43. The molecule has 28 heavy (non-hydrogen) atoms. The molecular weight excluding hydrogens is 379 g/mol. The largest absolute Gasteiger partial charge is 0.443 e. The Hall–Kier alpha value is -2.94. The minimum absolute atomic E-state index is 0.159. The summed E-state index contributed by atoms with van der Waals surface area (Å²) in [7, 11) is 1.72. The van der Waals surface area contributed by atoms with Crippen molar-refractivity contribution in [2.75, 3.05) is 25.0 Å². The van der Waals surface area contributed by atoms with Crippen LogP contribution in [0.25, 0.3) is 10.8 Å². The maximum Gasteiger partial charge on any atom is 0.236 e. The Bertz CT molecular complexity index is 942. The van der Waals surface area contributed by atoms with E-state index in [1.165, 1.54) is 6.07 Å². The fourth-order valence-electron chi connectivity index (χ4n) is 3.14. The lowest BCUT2D eigenvalue weighted by molar-refractivity contribution is 0.573. The van der Waals surface area contributed by atoms with Crippen molar-refractivity contribution in [2.45, 2.75) is 19.0 Å². The quantitative estimate of drug-likeness (QED) is 0.507. The molecule has 1 atom stereocenters. The number of anilines is 1. The molecule has 4 rings (SSSR count). The van der Waals surface area contributed by atoms with Gasteiger partial charge in [0.2, 0.25) is 5.89 Å². The zero-order chi connectivity index (χ0) is 19.3. The molecule has 0 amide bonds. The van der Waals surface area contributed by atoms with Gasteiger partial charge < -0.3 is 20.0 Å². The lowest BCUT2D eigenvalue weighted by Gasteiger charge is -2.19. The molecule has 0 saturated carbocycles. The van der Waals surface area contributed by atoms with Gasteiger partial charge in [0, 0.05) is 32.4 Å². The van der Waals surface area contributed by atoms with Crippen molar-refractivity contribution in [3.63, 3.8) is 0 Å². The van der Waals surface area contributed by atoms with Crippen LogP contribution in [0, 0.1) is 5.82 Å². The van der Waals surface area contributed by atoms with Crippen molar-refractivity contribution in [3.05, 3.63) is 53.6 Å². The number of thiophene rings is 1. The Morgan fingerprint density at radius 1 is 1.43 bits per heavy atom. The van der Waals surface area contributed by atoms with Gasteiger partial charge in [-0.25, -0.2) is 14.4 Å². The van der Waals surface area contributed by atoms with Gasteiger partial charge in [-0.1, -0.05) is 6.07 Å². The molecule has 3 aromatic heterocycles. The number of halogens is 1. The van der Waals surface area contributed by atoms with Crippen molar-refractivity contribution in [2.24, 2.45) is 4.99 Å². The third-order valence-electron chi connectivity index (χ3n) is 4.51. The zero-order valence-electron chi connectivity index (χ0n) is 15.4. The second-order valence-corrected chi connectivity index (χ2v) is 7.38. The minimum atomic E-state index is -0.293. The minimum Gasteiger partial charge on any atom is -0.443 e. The van der Waals surface area contributed by atoms with Gasteiger partial charge >= 0.3 is 0 Å². The second kappa shape index (κ2) is 8.39. The van der Waals surface area contributed by atoms with E-state index in [1.807, 2.05) is 22.4 Å². The van der Waals surface area contributed by atoms with Crippen molar-refractivity contribution < 1.29 is 8.81 Å². The molecule has 1 aliphatic heterocycles. The maximum absolute atomic E-state index is 13.9. The topological polar surface area (TPSA) is 78.6 Å². The van der Waals surface area contributed by atoms with Crippen molar-refractivity contribution >= 4 is 23.1 Å². The summed E-state index contributed by atoms with van der Waals surface area (Å²) in [6, 6.07) is 7.14. The van der Waals surface area contributed by atoms with Crippen LogP contribution in [0.5, 0.6) is 0 Å². The number of rotatable bonds is 5. The van der Waals surface area contributed by atoms with Gasteiger partial charge in [0.15, 0.2) is 17.6 Å². The summed E-state index contributed by atoms with van der Waals surface area (Å²) < 4.78 is 19.5. The first-order valence-corrected chi connectivity index (χ1v) is 9.92. The maximum atomic E-state index is 13.9. The number of aliphatic imine (C=N–C) groups is 1. The van der Waals surface area contributed by atoms with Crippen LogP contribution in [-0.2, 0) is 6.54 Å². The van der Waals surface area contributed by atoms with Crippen LogP contribution in [0.4, 0.5) is 10.2 Å². The van der Waals surface area contributed by atoms with Crippen LogP contribution in [0.15, 0.2) is 51.5 Å². The number of nitrogens with one attached hydrogen (secondary N) is 2. The smallest absolute Gasteiger partial charge is 0.236 e. The first-order chi connectivity index (χ1) is 13.7. The lowest BCUT2D eigenvalue weighted by atomic mass is 10.3. The van der Waals surface area contributed by atoms with Gasteiger partial charge in [-0.15, -0.1) is 11.3 Å². The molecule has 9 heteroatoms. The molecule has 1 aliphatic rings. The van der Waals surface area contributed by atoms with Crippen LogP contribution >= 0.6 is 11.3 Å². The molecule has 1 saturated heterocycles. The highest BCUT2D eigenvalue weighted by molar-refractivity contribution is 7.13. The van der Waals surface area contributed by atoms with E-state index in [4.69, 9.17) is 4.42 Å². The lowest BCUT2D eigenvalue weighted by Crippen LogP contribution is -2.44. The molecular formula is C19H21FN6OS. The first-order valence-electron chi connectivity index (χ1n) is 9.04. The molecule has 0 radical (unpaired) electrons. The van der Waals surface area contributed by atoms with Gasteiger partial charge in [0.1, 0.15) is 6.26 Å². The Balaban J connectivity index is 1.30. The number of guanidine groups is 1. The monoisotopic (exact) mass is 400 g/mol. The zero-order valence-corrected chi connectivity index (χ0v) is 16.2. The number of aromatic nitrogens is 2. The van der Waals surface area contributed by atoms with Crippen LogP contribution in [0.3, 0.4) is 0 Å². The van der Waals surface area contributed by atoms with Gasteiger partial charge in [-0.3, -0.25) is 4.99 Å². The number of pyridine rings is 1. The molecule has 0 aliphatic carbocycles. The summed E-state index contributed by atoms with van der Waals surface area (Å²) in [5, 5.41) is 8.62. The van der Waals surface area contributed by atoms with E-state index in [-0.39, 0.29) is 11.9 Å². The van der Waals surface area contributed by atoms with Gasteiger partial charge in [0.05, 0.1) is 17.1 Å². The average molecular weight is 400 g/mol. The summed E-state index contributed by atoms with van der Waals surface area (Å²) >= 11 is 1.59. The molecule has 1 unspecified atom stereocenters. The predicted octanol–water partition coefficient (Wildman–Crippen LogP) is 2.88. The summed E-state index contributed by atoms with van der Waals surface area (Å²) in [6.07, 6.45) is 4.14. The van der Waals surface area contributed by atoms with Gasteiger partial charge in [0.25, 0.3) is 0 Å². The summed E-state index contributed by atoms with van der Waals surface area (Å²) in [4.78, 5) is 15.9. The van der Waals surface area contributed by atoms with Gasteiger partial charge in [-0.05, 0) is 30.0 Å². The van der Waals surface area contributed by atoms with E-state index >= 15 is 0 Å².